The van der Waals surface area contributed by atoms with Crippen LogP contribution in [-0.4, -0.2) is 46.7 Å². The summed E-state index contributed by atoms with van der Waals surface area (Å²) in [5.41, 5.74) is 2.21. The summed E-state index contributed by atoms with van der Waals surface area (Å²) in [4.78, 5) is 13.3. The van der Waals surface area contributed by atoms with Crippen LogP contribution < -0.4 is 5.32 Å². The number of rotatable bonds is 4. The van der Waals surface area contributed by atoms with E-state index in [1.807, 2.05) is 0 Å². The van der Waals surface area contributed by atoms with Crippen LogP contribution in [-0.2, 0) is 4.74 Å². The summed E-state index contributed by atoms with van der Waals surface area (Å²) in [7, 11) is 0. The average molecular weight is 473 g/mol. The van der Waals surface area contributed by atoms with Gasteiger partial charge in [-0.2, -0.15) is 0 Å². The highest BCUT2D eigenvalue weighted by Crippen LogP contribution is 2.50. The van der Waals surface area contributed by atoms with Gasteiger partial charge in [0.1, 0.15) is 16.0 Å². The minimum Gasteiger partial charge on any atom is -0.379 e. The number of likely N-dealkylation sites (N-methyl/N-ethyl adjacent to an activating group) is 1. The monoisotopic (exact) mass is 472 g/mol. The number of fused-ring (bicyclic) bond motifs is 2. The topological polar surface area (TPSA) is 50.3 Å². The molecule has 5 nitrogen and oxygen atoms in total. The molecule has 9 heteroatoms. The third-order valence-electron chi connectivity index (χ3n) is 6.96. The molecule has 166 valence electrons. The molecule has 1 spiro atoms. The van der Waals surface area contributed by atoms with Crippen molar-refractivity contribution in [3.05, 3.63) is 46.4 Å². The number of ether oxygens (including phenoxy) is 1. The maximum atomic E-state index is 15.0. The highest BCUT2D eigenvalue weighted by Gasteiger charge is 2.51. The normalized spacial score (nSPS) is 23.8. The zero-order valence-corrected chi connectivity index (χ0v) is 19.2. The molecular formula is C23H22F2N4OS2. The highest BCUT2D eigenvalue weighted by atomic mass is 32.1. The fourth-order valence-electron chi connectivity index (χ4n) is 5.39. The van der Waals surface area contributed by atoms with Crippen LogP contribution in [0.2, 0.25) is 0 Å². The third kappa shape index (κ3) is 2.98. The quantitative estimate of drug-likeness (QED) is 0.401. The van der Waals surface area contributed by atoms with Crippen molar-refractivity contribution in [3.8, 4) is 0 Å². The standard InChI is InChI=1S/C23H22F2N4OS2/c1-2-29-7-4-14(23(29)5-8-30-11-23)17-9-13-16(3-6-26-22(13)32-17)28-20-15(24)10-18-21(19(20)25)27-12-31-18/h3,6,9-10,12,14H,2,4-5,7-8,11H2,1H3,(H,26,28). The van der Waals surface area contributed by atoms with Crippen LogP contribution in [0.4, 0.5) is 20.2 Å². The van der Waals surface area contributed by atoms with Crippen LogP contribution in [0.3, 0.4) is 0 Å². The molecule has 2 fully saturated rings. The van der Waals surface area contributed by atoms with E-state index in [1.165, 1.54) is 27.8 Å². The van der Waals surface area contributed by atoms with Gasteiger partial charge in [-0.15, -0.1) is 22.7 Å². The number of thiophene rings is 1. The van der Waals surface area contributed by atoms with Crippen molar-refractivity contribution in [1.29, 1.82) is 0 Å². The van der Waals surface area contributed by atoms with Crippen LogP contribution in [0.1, 0.15) is 30.6 Å². The highest BCUT2D eigenvalue weighted by molar-refractivity contribution is 7.18. The summed E-state index contributed by atoms with van der Waals surface area (Å²) in [5.74, 6) is -0.925. The van der Waals surface area contributed by atoms with E-state index in [0.29, 0.717) is 16.3 Å². The van der Waals surface area contributed by atoms with E-state index < -0.39 is 11.6 Å². The lowest BCUT2D eigenvalue weighted by molar-refractivity contribution is 0.0963. The Morgan fingerprint density at radius 3 is 3.03 bits per heavy atom. The molecular weight excluding hydrogens is 450 g/mol. The molecule has 0 amide bonds. The molecule has 2 aliphatic heterocycles. The van der Waals surface area contributed by atoms with E-state index in [-0.39, 0.29) is 16.7 Å². The number of thiazole rings is 1. The fraction of sp³-hybridized carbons (Fsp3) is 0.391. The second kappa shape index (κ2) is 7.69. The summed E-state index contributed by atoms with van der Waals surface area (Å²) in [5, 5.41) is 3.88. The number of halogens is 2. The molecule has 3 aromatic heterocycles. The second-order valence-corrected chi connectivity index (χ2v) is 10.4. The molecule has 5 heterocycles. The van der Waals surface area contributed by atoms with Crippen molar-refractivity contribution in [3.63, 3.8) is 0 Å². The SMILES string of the molecule is CCN1CCC(c2cc3c(Nc4c(F)cc5scnc5c4F)ccnc3s2)C12CCOC2. The molecule has 0 aliphatic carbocycles. The van der Waals surface area contributed by atoms with E-state index in [1.54, 1.807) is 23.6 Å². The smallest absolute Gasteiger partial charge is 0.176 e. The van der Waals surface area contributed by atoms with Gasteiger partial charge in [0.25, 0.3) is 0 Å². The van der Waals surface area contributed by atoms with Gasteiger partial charge in [-0.25, -0.2) is 18.7 Å². The van der Waals surface area contributed by atoms with Crippen molar-refractivity contribution in [1.82, 2.24) is 14.9 Å². The summed E-state index contributed by atoms with van der Waals surface area (Å²) >= 11 is 2.89. The van der Waals surface area contributed by atoms with Crippen LogP contribution in [0, 0.1) is 11.6 Å². The van der Waals surface area contributed by atoms with Crippen molar-refractivity contribution < 1.29 is 13.5 Å². The number of nitrogens with zero attached hydrogens (tertiary/aromatic N) is 3. The lowest BCUT2D eigenvalue weighted by atomic mass is 9.82. The summed E-state index contributed by atoms with van der Waals surface area (Å²) in [6.07, 6.45) is 3.79. The Hall–Kier alpha value is -2.20. The third-order valence-corrected chi connectivity index (χ3v) is 8.89. The Labute approximate surface area is 192 Å². The molecule has 0 saturated carbocycles. The van der Waals surface area contributed by atoms with Gasteiger partial charge in [0.05, 0.1) is 28.0 Å². The average Bonchev–Trinajstić information content (AvgIpc) is 3.58. The number of hydrogen-bond acceptors (Lipinski definition) is 7. The summed E-state index contributed by atoms with van der Waals surface area (Å²) in [6.45, 7) is 5.82. The molecule has 32 heavy (non-hydrogen) atoms. The second-order valence-electron chi connectivity index (χ2n) is 8.42. The van der Waals surface area contributed by atoms with Gasteiger partial charge < -0.3 is 10.1 Å². The molecule has 6 rings (SSSR count). The van der Waals surface area contributed by atoms with Crippen molar-refractivity contribution in [2.24, 2.45) is 0 Å². The molecule has 0 radical (unpaired) electrons. The first kappa shape index (κ1) is 20.4. The number of pyridine rings is 1. The first-order valence-corrected chi connectivity index (χ1v) is 12.5. The van der Waals surface area contributed by atoms with Crippen LogP contribution in [0.25, 0.3) is 20.4 Å². The number of likely N-dealkylation sites (tertiary alicyclic amines) is 1. The summed E-state index contributed by atoms with van der Waals surface area (Å²) in [6, 6.07) is 5.25. The molecule has 0 bridgehead atoms. The largest absolute Gasteiger partial charge is 0.379 e. The van der Waals surface area contributed by atoms with Gasteiger partial charge in [0, 0.05) is 29.0 Å². The lowest BCUT2D eigenvalue weighted by Gasteiger charge is -2.37. The zero-order chi connectivity index (χ0) is 21.9. The van der Waals surface area contributed by atoms with Crippen LogP contribution >= 0.6 is 22.7 Å². The zero-order valence-electron chi connectivity index (χ0n) is 17.5. The van der Waals surface area contributed by atoms with Crippen LogP contribution in [0.5, 0.6) is 0 Å². The van der Waals surface area contributed by atoms with Crippen molar-refractivity contribution in [2.75, 3.05) is 31.6 Å². The first-order valence-electron chi connectivity index (χ1n) is 10.8. The predicted octanol–water partition coefficient (Wildman–Crippen LogP) is 5.90. The van der Waals surface area contributed by atoms with Crippen molar-refractivity contribution in [2.45, 2.75) is 31.2 Å². The number of nitrogens with one attached hydrogen (secondary N) is 1. The van der Waals surface area contributed by atoms with Gasteiger partial charge >= 0.3 is 0 Å². The molecule has 4 aromatic rings. The van der Waals surface area contributed by atoms with E-state index in [0.717, 1.165) is 49.4 Å². The molecule has 2 aliphatic rings. The van der Waals surface area contributed by atoms with Crippen LogP contribution in [0.15, 0.2) is 29.9 Å². The number of hydrogen-bond donors (Lipinski definition) is 1. The first-order chi connectivity index (χ1) is 15.6. The van der Waals surface area contributed by atoms with E-state index in [4.69, 9.17) is 4.74 Å². The van der Waals surface area contributed by atoms with Gasteiger partial charge in [0.15, 0.2) is 11.6 Å². The molecule has 2 unspecified atom stereocenters. The lowest BCUT2D eigenvalue weighted by Crippen LogP contribution is -2.47. The molecule has 2 saturated heterocycles. The van der Waals surface area contributed by atoms with Gasteiger partial charge in [-0.05, 0) is 44.1 Å². The Bertz CT molecular complexity index is 1310. The van der Waals surface area contributed by atoms with Gasteiger partial charge in [0.2, 0.25) is 0 Å². The van der Waals surface area contributed by atoms with Crippen molar-refractivity contribution >= 4 is 54.5 Å². The Morgan fingerprint density at radius 1 is 1.31 bits per heavy atom. The minimum absolute atomic E-state index is 0.0388. The minimum atomic E-state index is -0.668. The molecule has 2 atom stereocenters. The Balaban J connectivity index is 1.41. The predicted molar refractivity (Wildman–Crippen MR) is 125 cm³/mol. The maximum Gasteiger partial charge on any atom is 0.176 e. The van der Waals surface area contributed by atoms with Gasteiger partial charge in [-0.1, -0.05) is 6.92 Å². The Kier molecular flexibility index (Phi) is 4.90. The molecule has 1 N–H and O–H groups in total. The summed E-state index contributed by atoms with van der Waals surface area (Å²) < 4.78 is 36.1. The fourth-order valence-corrected chi connectivity index (χ4v) is 7.36. The van der Waals surface area contributed by atoms with E-state index >= 15 is 0 Å². The number of anilines is 2. The number of benzene rings is 1. The molecule has 1 aromatic carbocycles. The maximum absolute atomic E-state index is 15.0. The number of aromatic nitrogens is 2. The van der Waals surface area contributed by atoms with E-state index in [9.17, 15) is 8.78 Å². The van der Waals surface area contributed by atoms with E-state index in [2.05, 4.69) is 33.2 Å². The Morgan fingerprint density at radius 2 is 2.22 bits per heavy atom. The van der Waals surface area contributed by atoms with Gasteiger partial charge in [-0.3, -0.25) is 4.90 Å².